The van der Waals surface area contributed by atoms with Crippen molar-refractivity contribution in [3.63, 3.8) is 0 Å². The lowest BCUT2D eigenvalue weighted by Gasteiger charge is -2.44. The molecule has 108 valence electrons. The number of ketones is 1. The van der Waals surface area contributed by atoms with Crippen LogP contribution in [0, 0.1) is 11.8 Å². The van der Waals surface area contributed by atoms with E-state index in [-0.39, 0.29) is 11.7 Å². The number of fused-ring (bicyclic) bond motifs is 1. The minimum atomic E-state index is -1.01. The highest BCUT2D eigenvalue weighted by atomic mass is 32.2. The number of carbonyl (C=O) groups is 1. The first-order chi connectivity index (χ1) is 9.06. The molecule has 0 aliphatic heterocycles. The molecule has 1 unspecified atom stereocenters. The number of Topliss-reactive ketones (excluding diaryl/α,β-unsaturated/α-hetero) is 1. The summed E-state index contributed by atoms with van der Waals surface area (Å²) in [5.74, 6) is 1.38. The normalized spacial score (nSPS) is 34.7. The molecule has 0 bridgehead atoms. The molecule has 0 radical (unpaired) electrons. The second kappa shape index (κ2) is 6.55. The quantitative estimate of drug-likeness (QED) is 0.812. The predicted octanol–water partition coefficient (Wildman–Crippen LogP) is 2.94. The number of hydrogen-bond donors (Lipinski definition) is 1. The second-order valence-corrected chi connectivity index (χ2v) is 7.21. The van der Waals surface area contributed by atoms with Crippen LogP contribution in [0.15, 0.2) is 0 Å². The molecule has 0 aromatic heterocycles. The first-order valence-electron chi connectivity index (χ1n) is 7.11. The van der Waals surface area contributed by atoms with Gasteiger partial charge in [-0.15, -0.1) is 0 Å². The van der Waals surface area contributed by atoms with Gasteiger partial charge in [0.15, 0.2) is 5.78 Å². The molecule has 2 fully saturated rings. The second-order valence-electron chi connectivity index (χ2n) is 5.59. The van der Waals surface area contributed by atoms with E-state index >= 15 is 0 Å². The number of thioether (sulfide) groups is 1. The van der Waals surface area contributed by atoms with Gasteiger partial charge in [-0.2, -0.15) is 0 Å². The molecule has 2 aliphatic carbocycles. The lowest BCUT2D eigenvalue weighted by molar-refractivity contribution is -0.155. The van der Waals surface area contributed by atoms with Crippen LogP contribution in [0.3, 0.4) is 0 Å². The molecule has 19 heavy (non-hydrogen) atoms. The van der Waals surface area contributed by atoms with Crippen molar-refractivity contribution in [1.82, 2.24) is 0 Å². The zero-order valence-electron chi connectivity index (χ0n) is 11.4. The lowest BCUT2D eigenvalue weighted by Crippen LogP contribution is -2.52. The Morgan fingerprint density at radius 1 is 1.58 bits per heavy atom. The Balaban J connectivity index is 1.89. The van der Waals surface area contributed by atoms with E-state index in [4.69, 9.17) is 17.0 Å². The largest absolute Gasteiger partial charge is 0.479 e. The van der Waals surface area contributed by atoms with Crippen LogP contribution in [0.5, 0.6) is 0 Å². The third kappa shape index (κ3) is 3.50. The standard InChI is InChI=1S/C14H22O3S2/c1-2-17-13(18)19-9-10-7-11-5-3-4-6-14(11,16)12(15)8-10/h10-11,16H,2-9H2,1H3/t10?,11-,14-/m1/s1. The first kappa shape index (κ1) is 15.3. The van der Waals surface area contributed by atoms with E-state index in [2.05, 4.69) is 0 Å². The summed E-state index contributed by atoms with van der Waals surface area (Å²) in [6.45, 7) is 2.51. The summed E-state index contributed by atoms with van der Waals surface area (Å²) in [6, 6.07) is 0. The molecule has 0 aromatic carbocycles. The zero-order valence-corrected chi connectivity index (χ0v) is 13.0. The van der Waals surface area contributed by atoms with Crippen molar-refractivity contribution in [2.24, 2.45) is 11.8 Å². The van der Waals surface area contributed by atoms with E-state index in [9.17, 15) is 9.90 Å². The van der Waals surface area contributed by atoms with Gasteiger partial charge < -0.3 is 9.84 Å². The number of thiocarbonyl (C=S) groups is 1. The van der Waals surface area contributed by atoms with Gasteiger partial charge in [0.25, 0.3) is 0 Å². The minimum Gasteiger partial charge on any atom is -0.479 e. The van der Waals surface area contributed by atoms with Crippen LogP contribution < -0.4 is 0 Å². The summed E-state index contributed by atoms with van der Waals surface area (Å²) in [5.41, 5.74) is -1.01. The van der Waals surface area contributed by atoms with Gasteiger partial charge in [0.1, 0.15) is 5.60 Å². The maximum Gasteiger partial charge on any atom is 0.219 e. The molecule has 0 aromatic rings. The van der Waals surface area contributed by atoms with Gasteiger partial charge in [0.05, 0.1) is 6.61 Å². The fourth-order valence-corrected chi connectivity index (χ4v) is 4.45. The van der Waals surface area contributed by atoms with Crippen LogP contribution in [0.25, 0.3) is 0 Å². The van der Waals surface area contributed by atoms with Gasteiger partial charge in [-0.1, -0.05) is 24.6 Å². The van der Waals surface area contributed by atoms with Crippen molar-refractivity contribution in [3.8, 4) is 0 Å². The number of carbonyl (C=O) groups excluding carboxylic acids is 1. The minimum absolute atomic E-state index is 0.0522. The van der Waals surface area contributed by atoms with Crippen LogP contribution in [0.1, 0.15) is 45.4 Å². The molecule has 2 saturated carbocycles. The van der Waals surface area contributed by atoms with Crippen LogP contribution in [-0.4, -0.2) is 33.2 Å². The molecule has 0 heterocycles. The molecular formula is C14H22O3S2. The van der Waals surface area contributed by atoms with Gasteiger partial charge >= 0.3 is 0 Å². The summed E-state index contributed by atoms with van der Waals surface area (Å²) in [5, 5.41) is 10.5. The molecule has 1 N–H and O–H groups in total. The molecule has 2 rings (SSSR count). The fourth-order valence-electron chi connectivity index (χ4n) is 3.31. The zero-order chi connectivity index (χ0) is 13.9. The molecule has 5 heteroatoms. The summed E-state index contributed by atoms with van der Waals surface area (Å²) >= 11 is 6.62. The Labute approximate surface area is 124 Å². The van der Waals surface area contributed by atoms with Crippen LogP contribution in [0.2, 0.25) is 0 Å². The fraction of sp³-hybridized carbons (Fsp3) is 0.857. The van der Waals surface area contributed by atoms with Crippen molar-refractivity contribution in [1.29, 1.82) is 0 Å². The van der Waals surface area contributed by atoms with Gasteiger partial charge in [-0.05, 0) is 50.2 Å². The van der Waals surface area contributed by atoms with Gasteiger partial charge in [0.2, 0.25) is 4.38 Å². The Hall–Kier alpha value is -0.130. The van der Waals surface area contributed by atoms with Crippen molar-refractivity contribution in [3.05, 3.63) is 0 Å². The van der Waals surface area contributed by atoms with Crippen molar-refractivity contribution >= 4 is 34.1 Å². The SMILES string of the molecule is CCOC(=S)SCC1CC(=O)[C@@]2(O)CCCC[C@@H]2C1. The molecule has 2 aliphatic rings. The first-order valence-corrected chi connectivity index (χ1v) is 8.51. The molecule has 0 saturated heterocycles. The summed E-state index contributed by atoms with van der Waals surface area (Å²) in [6.07, 6.45) is 5.20. The topological polar surface area (TPSA) is 46.5 Å². The lowest BCUT2D eigenvalue weighted by atomic mass is 9.64. The van der Waals surface area contributed by atoms with Gasteiger partial charge in [0, 0.05) is 12.2 Å². The molecule has 3 nitrogen and oxygen atoms in total. The predicted molar refractivity (Wildman–Crippen MR) is 81.3 cm³/mol. The average molecular weight is 302 g/mol. The van der Waals surface area contributed by atoms with Crippen LogP contribution in [0.4, 0.5) is 0 Å². The Morgan fingerprint density at radius 2 is 2.37 bits per heavy atom. The highest BCUT2D eigenvalue weighted by Crippen LogP contribution is 2.44. The van der Waals surface area contributed by atoms with Crippen molar-refractivity contribution in [2.45, 2.75) is 51.0 Å². The summed E-state index contributed by atoms with van der Waals surface area (Å²) < 4.78 is 5.82. The molecule has 3 atom stereocenters. The Morgan fingerprint density at radius 3 is 3.11 bits per heavy atom. The number of aliphatic hydroxyl groups is 1. The van der Waals surface area contributed by atoms with E-state index in [1.165, 1.54) is 11.8 Å². The van der Waals surface area contributed by atoms with E-state index in [0.717, 1.165) is 31.4 Å². The Kier molecular flexibility index (Phi) is 5.26. The highest BCUT2D eigenvalue weighted by Gasteiger charge is 2.49. The van der Waals surface area contributed by atoms with Gasteiger partial charge in [-0.25, -0.2) is 0 Å². The monoisotopic (exact) mass is 302 g/mol. The molecular weight excluding hydrogens is 280 g/mol. The third-order valence-corrected chi connectivity index (χ3v) is 5.77. The number of ether oxygens (including phenoxy) is 1. The Bertz CT molecular complexity index is 359. The van der Waals surface area contributed by atoms with E-state index in [0.29, 0.717) is 29.7 Å². The summed E-state index contributed by atoms with van der Waals surface area (Å²) in [7, 11) is 0. The third-order valence-electron chi connectivity index (χ3n) is 4.31. The molecule has 0 amide bonds. The number of hydrogen-bond acceptors (Lipinski definition) is 5. The maximum atomic E-state index is 12.2. The average Bonchev–Trinajstić information content (AvgIpc) is 2.38. The van der Waals surface area contributed by atoms with Crippen LogP contribution in [-0.2, 0) is 9.53 Å². The summed E-state index contributed by atoms with van der Waals surface area (Å²) in [4.78, 5) is 12.2. The maximum absolute atomic E-state index is 12.2. The van der Waals surface area contributed by atoms with E-state index in [1.54, 1.807) is 0 Å². The van der Waals surface area contributed by atoms with E-state index < -0.39 is 5.60 Å². The van der Waals surface area contributed by atoms with E-state index in [1.807, 2.05) is 6.92 Å². The van der Waals surface area contributed by atoms with Crippen molar-refractivity contribution in [2.75, 3.05) is 12.4 Å². The number of rotatable bonds is 3. The highest BCUT2D eigenvalue weighted by molar-refractivity contribution is 8.22. The smallest absolute Gasteiger partial charge is 0.219 e. The van der Waals surface area contributed by atoms with Gasteiger partial charge in [-0.3, -0.25) is 4.79 Å². The van der Waals surface area contributed by atoms with Crippen molar-refractivity contribution < 1.29 is 14.6 Å². The van der Waals surface area contributed by atoms with Crippen LogP contribution >= 0.6 is 24.0 Å². The molecule has 0 spiro atoms.